The van der Waals surface area contributed by atoms with Crippen LogP contribution in [0.1, 0.15) is 13.3 Å². The van der Waals surface area contributed by atoms with Gasteiger partial charge in [-0.1, -0.05) is 0 Å². The Hall–Kier alpha value is -1.43. The predicted molar refractivity (Wildman–Crippen MR) is 54.8 cm³/mol. The van der Waals surface area contributed by atoms with Crippen LogP contribution in [0.3, 0.4) is 0 Å². The van der Waals surface area contributed by atoms with E-state index in [-0.39, 0.29) is 18.1 Å². The maximum absolute atomic E-state index is 12.2. The Labute approximate surface area is 96.8 Å². The van der Waals surface area contributed by atoms with Gasteiger partial charge in [-0.3, -0.25) is 0 Å². The van der Waals surface area contributed by atoms with Crippen molar-refractivity contribution in [2.24, 2.45) is 0 Å². The van der Waals surface area contributed by atoms with E-state index in [1.807, 2.05) is 0 Å². The molecule has 1 aromatic rings. The molecule has 0 aliphatic carbocycles. The number of alkyl halides is 3. The third kappa shape index (κ3) is 5.44. The summed E-state index contributed by atoms with van der Waals surface area (Å²) in [4.78, 5) is 0. The topological polar surface area (TPSA) is 38.7 Å². The highest BCUT2D eigenvalue weighted by Gasteiger charge is 2.33. The highest BCUT2D eigenvalue weighted by Crippen LogP contribution is 2.25. The van der Waals surface area contributed by atoms with Crippen molar-refractivity contribution in [1.82, 2.24) is 0 Å². The van der Waals surface area contributed by atoms with Crippen LogP contribution in [0, 0.1) is 0 Å². The summed E-state index contributed by atoms with van der Waals surface area (Å²) in [6.45, 7) is 1.71. The quantitative estimate of drug-likeness (QED) is 0.816. The zero-order valence-corrected chi connectivity index (χ0v) is 9.20. The fraction of sp³-hybridized carbons (Fsp3) is 0.455. The Morgan fingerprint density at radius 1 is 1.24 bits per heavy atom. The van der Waals surface area contributed by atoms with E-state index in [9.17, 15) is 13.2 Å². The molecule has 0 heterocycles. The van der Waals surface area contributed by atoms with E-state index in [0.29, 0.717) is 0 Å². The van der Waals surface area contributed by atoms with Crippen molar-refractivity contribution in [2.75, 3.05) is 6.61 Å². The second-order valence-corrected chi connectivity index (χ2v) is 3.32. The summed E-state index contributed by atoms with van der Waals surface area (Å²) in [5, 5.41) is 9.01. The van der Waals surface area contributed by atoms with Gasteiger partial charge < -0.3 is 14.6 Å². The van der Waals surface area contributed by atoms with E-state index < -0.39 is 18.9 Å². The predicted octanol–water partition coefficient (Wildman–Crippen LogP) is 3.09. The number of phenolic OH excluding ortho intramolecular Hbond substituents is 1. The van der Waals surface area contributed by atoms with Crippen LogP contribution in [0.15, 0.2) is 24.3 Å². The summed E-state index contributed by atoms with van der Waals surface area (Å²) < 4.78 is 46.5. The Balaban J connectivity index is 2.63. The van der Waals surface area contributed by atoms with Crippen molar-refractivity contribution in [3.8, 4) is 11.5 Å². The summed E-state index contributed by atoms with van der Waals surface area (Å²) in [6.07, 6.45) is -6.90. The van der Waals surface area contributed by atoms with Gasteiger partial charge in [0.2, 0.25) is 6.29 Å². The highest BCUT2D eigenvalue weighted by molar-refractivity contribution is 5.30. The van der Waals surface area contributed by atoms with Crippen molar-refractivity contribution >= 4 is 0 Å². The van der Waals surface area contributed by atoms with E-state index in [4.69, 9.17) is 14.6 Å². The number of benzene rings is 1. The summed E-state index contributed by atoms with van der Waals surface area (Å²) >= 11 is 0. The molecule has 0 radical (unpaired) electrons. The molecule has 1 rings (SSSR count). The molecular weight excluding hydrogens is 237 g/mol. The lowest BCUT2D eigenvalue weighted by atomic mass is 10.3. The molecule has 6 heteroatoms. The minimum absolute atomic E-state index is 0.0149. The Bertz CT molecular complexity index is 335. The van der Waals surface area contributed by atoms with E-state index in [1.54, 1.807) is 6.92 Å². The van der Waals surface area contributed by atoms with Crippen LogP contribution in [0.5, 0.6) is 11.5 Å². The number of phenols is 1. The van der Waals surface area contributed by atoms with Gasteiger partial charge in [0.05, 0.1) is 0 Å². The van der Waals surface area contributed by atoms with E-state index in [1.165, 1.54) is 24.3 Å². The first-order valence-electron chi connectivity index (χ1n) is 5.05. The van der Waals surface area contributed by atoms with Crippen LogP contribution < -0.4 is 4.74 Å². The number of ether oxygens (including phenoxy) is 2. The fourth-order valence-corrected chi connectivity index (χ4v) is 1.19. The summed E-state index contributed by atoms with van der Waals surface area (Å²) in [5.74, 6) is 0.228. The van der Waals surface area contributed by atoms with Gasteiger partial charge in [0, 0.05) is 6.61 Å². The third-order valence-corrected chi connectivity index (χ3v) is 1.85. The molecule has 0 saturated heterocycles. The summed E-state index contributed by atoms with van der Waals surface area (Å²) in [6, 6.07) is 5.40. The summed E-state index contributed by atoms with van der Waals surface area (Å²) in [5.41, 5.74) is 0. The number of hydrogen-bond donors (Lipinski definition) is 1. The molecule has 0 aliphatic rings. The molecular formula is C11H13F3O3. The second-order valence-electron chi connectivity index (χ2n) is 3.32. The standard InChI is InChI=1S/C11H13F3O3/c1-2-16-10(7-11(12,13)14)17-9-5-3-8(15)4-6-9/h3-6,10,15H,2,7H2,1H3. The monoisotopic (exact) mass is 250 g/mol. The lowest BCUT2D eigenvalue weighted by molar-refractivity contribution is -0.194. The zero-order valence-electron chi connectivity index (χ0n) is 9.20. The molecule has 1 unspecified atom stereocenters. The zero-order chi connectivity index (χ0) is 12.9. The molecule has 0 fully saturated rings. The fourth-order valence-electron chi connectivity index (χ4n) is 1.19. The van der Waals surface area contributed by atoms with E-state index in [0.717, 1.165) is 0 Å². The number of rotatable bonds is 5. The first kappa shape index (κ1) is 13.6. The van der Waals surface area contributed by atoms with Crippen LogP contribution in [-0.4, -0.2) is 24.2 Å². The molecule has 1 aromatic carbocycles. The molecule has 0 aromatic heterocycles. The number of halogens is 3. The maximum Gasteiger partial charge on any atom is 0.395 e. The maximum atomic E-state index is 12.2. The molecule has 1 N–H and O–H groups in total. The molecule has 3 nitrogen and oxygen atoms in total. The van der Waals surface area contributed by atoms with E-state index in [2.05, 4.69) is 0 Å². The van der Waals surface area contributed by atoms with Gasteiger partial charge in [-0.25, -0.2) is 0 Å². The van der Waals surface area contributed by atoms with Gasteiger partial charge in [-0.15, -0.1) is 0 Å². The van der Waals surface area contributed by atoms with Gasteiger partial charge in [-0.05, 0) is 31.2 Å². The average Bonchev–Trinajstić information content (AvgIpc) is 2.19. The van der Waals surface area contributed by atoms with Crippen LogP contribution in [-0.2, 0) is 4.74 Å². The Kier molecular flexibility index (Phi) is 4.62. The van der Waals surface area contributed by atoms with Gasteiger partial charge in [0.15, 0.2) is 0 Å². The second kappa shape index (κ2) is 5.77. The van der Waals surface area contributed by atoms with Crippen LogP contribution >= 0.6 is 0 Å². The van der Waals surface area contributed by atoms with Crippen molar-refractivity contribution in [3.05, 3.63) is 24.3 Å². The highest BCUT2D eigenvalue weighted by atomic mass is 19.4. The van der Waals surface area contributed by atoms with Gasteiger partial charge in [-0.2, -0.15) is 13.2 Å². The Morgan fingerprint density at radius 3 is 2.29 bits per heavy atom. The molecule has 1 atom stereocenters. The molecule has 0 spiro atoms. The average molecular weight is 250 g/mol. The minimum Gasteiger partial charge on any atom is -0.508 e. The van der Waals surface area contributed by atoms with Gasteiger partial charge in [0.25, 0.3) is 0 Å². The van der Waals surface area contributed by atoms with Gasteiger partial charge in [0.1, 0.15) is 17.9 Å². The Morgan fingerprint density at radius 2 is 1.82 bits per heavy atom. The molecule has 0 aliphatic heterocycles. The number of hydrogen-bond acceptors (Lipinski definition) is 3. The lowest BCUT2D eigenvalue weighted by Gasteiger charge is -2.20. The molecule has 17 heavy (non-hydrogen) atoms. The van der Waals surface area contributed by atoms with Crippen molar-refractivity contribution < 1.29 is 27.8 Å². The van der Waals surface area contributed by atoms with Crippen molar-refractivity contribution in [1.29, 1.82) is 0 Å². The molecule has 96 valence electrons. The summed E-state index contributed by atoms with van der Waals surface area (Å²) in [7, 11) is 0. The number of aromatic hydroxyl groups is 1. The van der Waals surface area contributed by atoms with Crippen LogP contribution in [0.2, 0.25) is 0 Å². The first-order valence-corrected chi connectivity index (χ1v) is 5.05. The SMILES string of the molecule is CCOC(CC(F)(F)F)Oc1ccc(O)cc1. The van der Waals surface area contributed by atoms with Crippen LogP contribution in [0.4, 0.5) is 13.2 Å². The van der Waals surface area contributed by atoms with E-state index >= 15 is 0 Å². The largest absolute Gasteiger partial charge is 0.508 e. The normalized spacial score (nSPS) is 13.4. The minimum atomic E-state index is -4.35. The third-order valence-electron chi connectivity index (χ3n) is 1.85. The smallest absolute Gasteiger partial charge is 0.395 e. The van der Waals surface area contributed by atoms with Crippen molar-refractivity contribution in [2.45, 2.75) is 25.8 Å². The van der Waals surface area contributed by atoms with Gasteiger partial charge >= 0.3 is 6.18 Å². The molecule has 0 saturated carbocycles. The lowest BCUT2D eigenvalue weighted by Crippen LogP contribution is -2.27. The van der Waals surface area contributed by atoms with Crippen LogP contribution in [0.25, 0.3) is 0 Å². The first-order chi connectivity index (χ1) is 7.90. The molecule has 0 bridgehead atoms. The van der Waals surface area contributed by atoms with Crippen molar-refractivity contribution in [3.63, 3.8) is 0 Å². The molecule has 0 amide bonds.